The van der Waals surface area contributed by atoms with Gasteiger partial charge in [0, 0.05) is 50.4 Å². The molecule has 0 aliphatic carbocycles. The van der Waals surface area contributed by atoms with Gasteiger partial charge in [-0.25, -0.2) is 14.2 Å². The number of fused-ring (bicyclic) bond motifs is 1. The minimum absolute atomic E-state index is 0.00747. The third-order valence-electron chi connectivity index (χ3n) is 7.08. The minimum atomic E-state index is -0.765. The van der Waals surface area contributed by atoms with Crippen LogP contribution in [0.3, 0.4) is 0 Å². The first-order chi connectivity index (χ1) is 17.9. The Bertz CT molecular complexity index is 1250. The number of ether oxygens (including phenoxy) is 2. The van der Waals surface area contributed by atoms with Gasteiger partial charge in [0.25, 0.3) is 0 Å². The van der Waals surface area contributed by atoms with Gasteiger partial charge in [0.1, 0.15) is 11.9 Å². The Morgan fingerprint density at radius 1 is 1.32 bits per heavy atom. The molecule has 2 aromatic rings. The molecule has 11 heteroatoms. The number of aliphatic imine (C=N–C) groups is 1. The van der Waals surface area contributed by atoms with Gasteiger partial charge >= 0.3 is 5.97 Å². The summed E-state index contributed by atoms with van der Waals surface area (Å²) in [6.07, 6.45) is 1.60. The number of benzene rings is 1. The Morgan fingerprint density at radius 3 is 2.89 bits per heavy atom. The summed E-state index contributed by atoms with van der Waals surface area (Å²) in [7, 11) is 0. The zero-order chi connectivity index (χ0) is 26.1. The van der Waals surface area contributed by atoms with Crippen molar-refractivity contribution in [1.82, 2.24) is 20.1 Å². The number of morpholine rings is 1. The summed E-state index contributed by atoms with van der Waals surface area (Å²) in [5.74, 6) is -0.325. The molecule has 3 atom stereocenters. The normalized spacial score (nSPS) is 23.9. The van der Waals surface area contributed by atoms with Crippen LogP contribution in [-0.2, 0) is 19.1 Å². The molecule has 3 aliphatic heterocycles. The zero-order valence-electron chi connectivity index (χ0n) is 21.1. The minimum Gasteiger partial charge on any atom is -0.463 e. The topological polar surface area (TPSA) is 96.4 Å². The number of esters is 1. The molecule has 1 amide bonds. The van der Waals surface area contributed by atoms with Gasteiger partial charge in [0.05, 0.1) is 30.9 Å². The van der Waals surface area contributed by atoms with Gasteiger partial charge in [-0.1, -0.05) is 12.1 Å². The number of hydrogen-bond acceptors (Lipinski definition) is 9. The maximum atomic E-state index is 14.6. The van der Waals surface area contributed by atoms with Gasteiger partial charge < -0.3 is 19.7 Å². The number of nitrogens with one attached hydrogen (secondary N) is 1. The van der Waals surface area contributed by atoms with Crippen molar-refractivity contribution in [3.8, 4) is 0 Å². The van der Waals surface area contributed by atoms with E-state index in [1.807, 2.05) is 5.38 Å². The van der Waals surface area contributed by atoms with Crippen molar-refractivity contribution in [3.63, 3.8) is 0 Å². The standard InChI is InChI=1S/C26H30FN5O4S/c1-4-35-26(34)22-19(12-31-9-10-36-21-14-32(16(3)33)13-20(21)31)29-24(25-28-8-11-37-25)30-23(22)17-6-5-7-18(27)15(17)2/h5-8,11,20-21,23H,4,9-10,12-14H2,1-3H3,(H,29,30)/t20-,21+,23+/m1/s1. The molecule has 0 bridgehead atoms. The number of hydrogen-bond donors (Lipinski definition) is 1. The van der Waals surface area contributed by atoms with E-state index >= 15 is 0 Å². The average Bonchev–Trinajstić information content (AvgIpc) is 3.56. The molecule has 0 spiro atoms. The Morgan fingerprint density at radius 2 is 2.16 bits per heavy atom. The van der Waals surface area contributed by atoms with Crippen LogP contribution in [0.4, 0.5) is 4.39 Å². The largest absolute Gasteiger partial charge is 0.463 e. The van der Waals surface area contributed by atoms with Crippen LogP contribution in [0, 0.1) is 12.7 Å². The number of amides is 1. The second-order valence-electron chi connectivity index (χ2n) is 9.28. The lowest BCUT2D eigenvalue weighted by molar-refractivity contribution is -0.139. The summed E-state index contributed by atoms with van der Waals surface area (Å²) in [4.78, 5) is 38.8. The number of amidine groups is 1. The van der Waals surface area contributed by atoms with E-state index in [4.69, 9.17) is 14.5 Å². The van der Waals surface area contributed by atoms with Crippen LogP contribution in [0.5, 0.6) is 0 Å². The Labute approximate surface area is 219 Å². The molecule has 1 aromatic heterocycles. The lowest BCUT2D eigenvalue weighted by Crippen LogP contribution is -2.53. The van der Waals surface area contributed by atoms with E-state index < -0.39 is 12.0 Å². The van der Waals surface area contributed by atoms with Crippen molar-refractivity contribution >= 4 is 29.0 Å². The predicted molar refractivity (Wildman–Crippen MR) is 137 cm³/mol. The number of halogens is 1. The van der Waals surface area contributed by atoms with Crippen molar-refractivity contribution in [2.24, 2.45) is 4.99 Å². The molecule has 37 heavy (non-hydrogen) atoms. The van der Waals surface area contributed by atoms with Crippen molar-refractivity contribution in [2.45, 2.75) is 39.0 Å². The van der Waals surface area contributed by atoms with Crippen LogP contribution < -0.4 is 5.32 Å². The summed E-state index contributed by atoms with van der Waals surface area (Å²) in [5.41, 5.74) is 2.01. The van der Waals surface area contributed by atoms with Crippen molar-refractivity contribution in [2.75, 3.05) is 39.4 Å². The van der Waals surface area contributed by atoms with E-state index in [2.05, 4.69) is 15.2 Å². The first kappa shape index (κ1) is 25.5. The smallest absolute Gasteiger partial charge is 0.338 e. The molecule has 0 radical (unpaired) electrons. The molecule has 2 fully saturated rings. The maximum absolute atomic E-state index is 14.6. The van der Waals surface area contributed by atoms with Gasteiger partial charge in [0.2, 0.25) is 5.91 Å². The lowest BCUT2D eigenvalue weighted by Gasteiger charge is -2.38. The van der Waals surface area contributed by atoms with Crippen LogP contribution in [0.2, 0.25) is 0 Å². The van der Waals surface area contributed by atoms with Crippen LogP contribution >= 0.6 is 11.3 Å². The Hall–Kier alpha value is -3.15. The third-order valence-corrected chi connectivity index (χ3v) is 7.86. The quantitative estimate of drug-likeness (QED) is 0.577. The average molecular weight is 528 g/mol. The van der Waals surface area contributed by atoms with Crippen LogP contribution in [0.25, 0.3) is 0 Å². The highest BCUT2D eigenvalue weighted by Gasteiger charge is 2.42. The van der Waals surface area contributed by atoms with E-state index in [0.29, 0.717) is 66.0 Å². The molecule has 1 aromatic carbocycles. The third kappa shape index (κ3) is 5.03. The molecule has 196 valence electrons. The van der Waals surface area contributed by atoms with E-state index in [0.717, 1.165) is 0 Å². The number of likely N-dealkylation sites (tertiary alicyclic amines) is 1. The molecule has 1 N–H and O–H groups in total. The SMILES string of the molecule is CCOC(=O)C1=C(CN2CCO[C@H]3CN(C(C)=O)C[C@H]32)NC(c2nccs2)=N[C@H]1c1cccc(F)c1C. The molecule has 2 saturated heterocycles. The fraction of sp³-hybridized carbons (Fsp3) is 0.462. The monoisotopic (exact) mass is 527 g/mol. The van der Waals surface area contributed by atoms with Gasteiger partial charge in [0.15, 0.2) is 10.8 Å². The van der Waals surface area contributed by atoms with E-state index in [1.165, 1.54) is 17.4 Å². The molecular weight excluding hydrogens is 497 g/mol. The first-order valence-corrected chi connectivity index (χ1v) is 13.3. The molecule has 0 saturated carbocycles. The number of carbonyl (C=O) groups is 2. The Kier molecular flexibility index (Phi) is 7.36. The van der Waals surface area contributed by atoms with Gasteiger partial charge in [-0.05, 0) is 31.0 Å². The fourth-order valence-corrected chi connectivity index (χ4v) is 5.77. The summed E-state index contributed by atoms with van der Waals surface area (Å²) >= 11 is 1.43. The highest BCUT2D eigenvalue weighted by molar-refractivity contribution is 7.11. The number of nitrogens with zero attached hydrogens (tertiary/aromatic N) is 4. The van der Waals surface area contributed by atoms with Crippen LogP contribution in [0.15, 0.2) is 46.0 Å². The summed E-state index contributed by atoms with van der Waals surface area (Å²) < 4.78 is 26.1. The van der Waals surface area contributed by atoms with Gasteiger partial charge in [-0.15, -0.1) is 11.3 Å². The molecule has 0 unspecified atom stereocenters. The molecule has 4 heterocycles. The number of carbonyl (C=O) groups excluding carboxylic acids is 2. The van der Waals surface area contributed by atoms with Crippen molar-refractivity contribution in [1.29, 1.82) is 0 Å². The predicted octanol–water partition coefficient (Wildman–Crippen LogP) is 2.43. The number of rotatable bonds is 6. The summed E-state index contributed by atoms with van der Waals surface area (Å²) in [6, 6.07) is 4.04. The number of aromatic nitrogens is 1. The van der Waals surface area contributed by atoms with E-state index in [1.54, 1.807) is 44.0 Å². The lowest BCUT2D eigenvalue weighted by atomic mass is 9.92. The number of thiazole rings is 1. The van der Waals surface area contributed by atoms with Gasteiger partial charge in [-0.3, -0.25) is 14.7 Å². The van der Waals surface area contributed by atoms with Crippen LogP contribution in [0.1, 0.15) is 36.0 Å². The molecule has 9 nitrogen and oxygen atoms in total. The zero-order valence-corrected chi connectivity index (χ0v) is 21.9. The van der Waals surface area contributed by atoms with E-state index in [-0.39, 0.29) is 30.5 Å². The highest BCUT2D eigenvalue weighted by atomic mass is 32.1. The van der Waals surface area contributed by atoms with Crippen LogP contribution in [-0.4, -0.2) is 84.0 Å². The van der Waals surface area contributed by atoms with Gasteiger partial charge in [-0.2, -0.15) is 0 Å². The molecule has 5 rings (SSSR count). The first-order valence-electron chi connectivity index (χ1n) is 12.4. The maximum Gasteiger partial charge on any atom is 0.338 e. The van der Waals surface area contributed by atoms with Crippen molar-refractivity contribution in [3.05, 3.63) is 63.0 Å². The highest BCUT2D eigenvalue weighted by Crippen LogP contribution is 2.36. The summed E-state index contributed by atoms with van der Waals surface area (Å²) in [5, 5.41) is 5.88. The Balaban J connectivity index is 1.58. The second kappa shape index (κ2) is 10.7. The molecule has 3 aliphatic rings. The fourth-order valence-electron chi connectivity index (χ4n) is 5.18. The summed E-state index contributed by atoms with van der Waals surface area (Å²) in [6.45, 7) is 7.86. The molecular formula is C26H30FN5O4S. The second-order valence-corrected chi connectivity index (χ2v) is 10.2. The van der Waals surface area contributed by atoms with E-state index in [9.17, 15) is 14.0 Å². The van der Waals surface area contributed by atoms with Crippen molar-refractivity contribution < 1.29 is 23.5 Å².